The van der Waals surface area contributed by atoms with Gasteiger partial charge in [-0.05, 0) is 37.2 Å². The molecule has 0 aliphatic carbocycles. The molecule has 1 saturated heterocycles. The number of imide groups is 1. The standard InChI is InChI=1S/C14H14N2O4S/c1-3-9(2)15-13(17)12(21-14(15)18)8-10-6-4-5-7-11(10)16(19)20/h4-9H,3H2,1-2H3/b12-8+/t9-/m1/s1. The number of benzene rings is 1. The van der Waals surface area contributed by atoms with Crippen molar-refractivity contribution in [3.05, 3.63) is 44.8 Å². The number of amides is 2. The van der Waals surface area contributed by atoms with Crippen molar-refractivity contribution < 1.29 is 14.5 Å². The maximum Gasteiger partial charge on any atom is 0.293 e. The van der Waals surface area contributed by atoms with Gasteiger partial charge in [0.2, 0.25) is 0 Å². The van der Waals surface area contributed by atoms with Crippen LogP contribution in [0.2, 0.25) is 0 Å². The number of carbonyl (C=O) groups is 2. The van der Waals surface area contributed by atoms with E-state index in [9.17, 15) is 19.7 Å². The van der Waals surface area contributed by atoms with Crippen LogP contribution in [0.25, 0.3) is 6.08 Å². The predicted molar refractivity (Wildman–Crippen MR) is 80.7 cm³/mol. The molecule has 1 aromatic rings. The third-order valence-corrected chi connectivity index (χ3v) is 4.16. The quantitative estimate of drug-likeness (QED) is 0.483. The molecule has 0 spiro atoms. The van der Waals surface area contributed by atoms with E-state index in [4.69, 9.17) is 0 Å². The lowest BCUT2D eigenvalue weighted by Crippen LogP contribution is -2.36. The van der Waals surface area contributed by atoms with E-state index in [2.05, 4.69) is 0 Å². The minimum Gasteiger partial charge on any atom is -0.268 e. The number of rotatable bonds is 4. The van der Waals surface area contributed by atoms with Gasteiger partial charge in [0.15, 0.2) is 0 Å². The fourth-order valence-electron chi connectivity index (χ4n) is 1.96. The van der Waals surface area contributed by atoms with Crippen LogP contribution in [-0.2, 0) is 4.79 Å². The van der Waals surface area contributed by atoms with Crippen LogP contribution < -0.4 is 0 Å². The first-order valence-corrected chi connectivity index (χ1v) is 7.27. The van der Waals surface area contributed by atoms with Crippen molar-refractivity contribution in [2.45, 2.75) is 26.3 Å². The summed E-state index contributed by atoms with van der Waals surface area (Å²) in [6.07, 6.45) is 2.07. The van der Waals surface area contributed by atoms with Gasteiger partial charge >= 0.3 is 0 Å². The molecule has 1 heterocycles. The molecule has 110 valence electrons. The fraction of sp³-hybridized carbons (Fsp3) is 0.286. The van der Waals surface area contributed by atoms with Crippen molar-refractivity contribution in [3.8, 4) is 0 Å². The molecule has 0 aromatic heterocycles. The van der Waals surface area contributed by atoms with Crippen molar-refractivity contribution in [3.63, 3.8) is 0 Å². The number of thioether (sulfide) groups is 1. The SMILES string of the molecule is CC[C@@H](C)N1C(=O)S/C(=C/c2ccccc2[N+](=O)[O-])C1=O. The van der Waals surface area contributed by atoms with Gasteiger partial charge in [-0.25, -0.2) is 0 Å². The van der Waals surface area contributed by atoms with Crippen LogP contribution in [0.3, 0.4) is 0 Å². The molecule has 0 unspecified atom stereocenters. The van der Waals surface area contributed by atoms with Crippen molar-refractivity contribution in [2.75, 3.05) is 0 Å². The lowest BCUT2D eigenvalue weighted by molar-refractivity contribution is -0.385. The molecular weight excluding hydrogens is 292 g/mol. The highest BCUT2D eigenvalue weighted by molar-refractivity contribution is 8.18. The number of nitro benzene ring substituents is 1. The van der Waals surface area contributed by atoms with Crippen LogP contribution in [0.15, 0.2) is 29.2 Å². The van der Waals surface area contributed by atoms with Crippen molar-refractivity contribution in [1.29, 1.82) is 0 Å². The van der Waals surface area contributed by atoms with Crippen molar-refractivity contribution in [1.82, 2.24) is 4.90 Å². The Hall–Kier alpha value is -2.15. The summed E-state index contributed by atoms with van der Waals surface area (Å²) in [5.41, 5.74) is 0.227. The van der Waals surface area contributed by atoms with Gasteiger partial charge in [-0.15, -0.1) is 0 Å². The predicted octanol–water partition coefficient (Wildman–Crippen LogP) is 3.43. The monoisotopic (exact) mass is 306 g/mol. The summed E-state index contributed by atoms with van der Waals surface area (Å²) in [4.78, 5) is 36.0. The molecule has 0 N–H and O–H groups in total. The Balaban J connectivity index is 2.38. The first-order chi connectivity index (χ1) is 9.95. The summed E-state index contributed by atoms with van der Waals surface area (Å²) in [6.45, 7) is 3.68. The Bertz CT molecular complexity index is 642. The van der Waals surface area contributed by atoms with Crippen LogP contribution in [0.1, 0.15) is 25.8 Å². The molecule has 0 saturated carbocycles. The minimum absolute atomic E-state index is 0.0900. The zero-order valence-corrected chi connectivity index (χ0v) is 12.4. The molecule has 7 heteroatoms. The van der Waals surface area contributed by atoms with Crippen LogP contribution in [-0.4, -0.2) is 27.0 Å². The van der Waals surface area contributed by atoms with Crippen LogP contribution in [0, 0.1) is 10.1 Å². The van der Waals surface area contributed by atoms with Crippen molar-refractivity contribution in [2.24, 2.45) is 0 Å². The highest BCUT2D eigenvalue weighted by Gasteiger charge is 2.37. The Morgan fingerprint density at radius 2 is 2.05 bits per heavy atom. The molecule has 2 amide bonds. The van der Waals surface area contributed by atoms with Gasteiger partial charge < -0.3 is 0 Å². The number of hydrogen-bond acceptors (Lipinski definition) is 5. The Morgan fingerprint density at radius 3 is 2.67 bits per heavy atom. The summed E-state index contributed by atoms with van der Waals surface area (Å²) in [6, 6.07) is 5.94. The molecule has 0 radical (unpaired) electrons. The average Bonchev–Trinajstić information content (AvgIpc) is 2.73. The Morgan fingerprint density at radius 1 is 1.38 bits per heavy atom. The van der Waals surface area contributed by atoms with Crippen LogP contribution in [0.4, 0.5) is 10.5 Å². The zero-order chi connectivity index (χ0) is 15.6. The second-order valence-corrected chi connectivity index (χ2v) is 5.62. The van der Waals surface area contributed by atoms with E-state index < -0.39 is 10.8 Å². The first-order valence-electron chi connectivity index (χ1n) is 6.46. The van der Waals surface area contributed by atoms with E-state index >= 15 is 0 Å². The van der Waals surface area contributed by atoms with E-state index in [-0.39, 0.29) is 21.9 Å². The van der Waals surface area contributed by atoms with Gasteiger partial charge in [0.25, 0.3) is 16.8 Å². The topological polar surface area (TPSA) is 80.5 Å². The Labute approximate surface area is 126 Å². The van der Waals surface area contributed by atoms with Gasteiger partial charge in [0, 0.05) is 12.1 Å². The minimum atomic E-state index is -0.509. The molecule has 1 aromatic carbocycles. The number of nitro groups is 1. The third kappa shape index (κ3) is 2.97. The van der Waals surface area contributed by atoms with E-state index in [1.807, 2.05) is 6.92 Å². The molecule has 6 nitrogen and oxygen atoms in total. The van der Waals surface area contributed by atoms with Gasteiger partial charge in [-0.3, -0.25) is 24.6 Å². The molecule has 1 fully saturated rings. The lowest BCUT2D eigenvalue weighted by Gasteiger charge is -2.19. The number of nitrogens with zero attached hydrogens (tertiary/aromatic N) is 2. The maximum absolute atomic E-state index is 12.2. The number of carbonyl (C=O) groups excluding carboxylic acids is 2. The normalized spacial score (nSPS) is 18.4. The smallest absolute Gasteiger partial charge is 0.268 e. The molecule has 1 atom stereocenters. The summed E-state index contributed by atoms with van der Waals surface area (Å²) >= 11 is 0.817. The summed E-state index contributed by atoms with van der Waals surface area (Å²) in [5, 5.41) is 10.6. The van der Waals surface area contributed by atoms with Gasteiger partial charge in [0.1, 0.15) is 0 Å². The average molecular weight is 306 g/mol. The third-order valence-electron chi connectivity index (χ3n) is 3.28. The second-order valence-electron chi connectivity index (χ2n) is 4.62. The zero-order valence-electron chi connectivity index (χ0n) is 11.6. The first kappa shape index (κ1) is 15.2. The highest BCUT2D eigenvalue weighted by atomic mass is 32.2. The van der Waals surface area contributed by atoms with Gasteiger partial charge in [-0.2, -0.15) is 0 Å². The lowest BCUT2D eigenvalue weighted by atomic mass is 10.1. The summed E-state index contributed by atoms with van der Waals surface area (Å²) in [5.74, 6) is -0.391. The molecule has 21 heavy (non-hydrogen) atoms. The molecule has 2 rings (SSSR count). The maximum atomic E-state index is 12.2. The van der Waals surface area contributed by atoms with Crippen LogP contribution >= 0.6 is 11.8 Å². The van der Waals surface area contributed by atoms with Gasteiger partial charge in [-0.1, -0.05) is 19.1 Å². The van der Waals surface area contributed by atoms with Crippen LogP contribution in [0.5, 0.6) is 0 Å². The highest BCUT2D eigenvalue weighted by Crippen LogP contribution is 2.35. The summed E-state index contributed by atoms with van der Waals surface area (Å²) < 4.78 is 0. The molecular formula is C14H14N2O4S. The molecule has 0 bridgehead atoms. The van der Waals surface area contributed by atoms with E-state index in [0.717, 1.165) is 11.8 Å². The largest absolute Gasteiger partial charge is 0.293 e. The van der Waals surface area contributed by atoms with E-state index in [1.54, 1.807) is 25.1 Å². The molecule has 1 aliphatic heterocycles. The number of hydrogen-bond donors (Lipinski definition) is 0. The van der Waals surface area contributed by atoms with Gasteiger partial charge in [0.05, 0.1) is 15.4 Å². The molecule has 1 aliphatic rings. The number of para-hydroxylation sites is 1. The van der Waals surface area contributed by atoms with E-state index in [1.165, 1.54) is 17.0 Å². The summed E-state index contributed by atoms with van der Waals surface area (Å²) in [7, 11) is 0. The van der Waals surface area contributed by atoms with E-state index in [0.29, 0.717) is 12.0 Å². The van der Waals surface area contributed by atoms with Crippen molar-refractivity contribution >= 4 is 34.7 Å². The second kappa shape index (κ2) is 6.09. The fourth-order valence-corrected chi connectivity index (χ4v) is 2.88. The Kier molecular flexibility index (Phi) is 4.42.